The number of hydrogen-bond donors (Lipinski definition) is 1. The predicted molar refractivity (Wildman–Crippen MR) is 64.6 cm³/mol. The first-order valence-corrected chi connectivity index (χ1v) is 5.38. The minimum absolute atomic E-state index is 0.243. The van der Waals surface area contributed by atoms with Gasteiger partial charge in [-0.05, 0) is 27.1 Å². The van der Waals surface area contributed by atoms with E-state index in [-0.39, 0.29) is 12.0 Å². The lowest BCUT2D eigenvalue weighted by molar-refractivity contribution is 0.341. The van der Waals surface area contributed by atoms with Gasteiger partial charge in [0.15, 0.2) is 0 Å². The number of methoxy groups -OCH3 is 2. The fourth-order valence-electron chi connectivity index (χ4n) is 1.20. The zero-order chi connectivity index (χ0) is 12.7. The molecule has 0 aliphatic rings. The Bertz CT molecular complexity index is 323. The molecule has 0 saturated heterocycles. The molecule has 7 heteroatoms. The Hall–Kier alpha value is -1.63. The van der Waals surface area contributed by atoms with E-state index in [4.69, 9.17) is 9.47 Å². The topological polar surface area (TPSA) is 72.4 Å². The highest BCUT2D eigenvalue weighted by Crippen LogP contribution is 2.11. The zero-order valence-corrected chi connectivity index (χ0v) is 10.7. The number of anilines is 1. The minimum Gasteiger partial charge on any atom is -0.467 e. The van der Waals surface area contributed by atoms with Crippen molar-refractivity contribution in [3.8, 4) is 12.0 Å². The van der Waals surface area contributed by atoms with Crippen LogP contribution in [0.2, 0.25) is 0 Å². The lowest BCUT2D eigenvalue weighted by Gasteiger charge is -2.10. The van der Waals surface area contributed by atoms with Crippen LogP contribution in [0.5, 0.6) is 12.0 Å². The molecule has 0 spiro atoms. The van der Waals surface area contributed by atoms with E-state index < -0.39 is 0 Å². The van der Waals surface area contributed by atoms with Crippen molar-refractivity contribution in [2.45, 2.75) is 6.42 Å². The Labute approximate surface area is 101 Å². The molecule has 1 aromatic rings. The maximum atomic E-state index is 4.95. The monoisotopic (exact) mass is 241 g/mol. The van der Waals surface area contributed by atoms with Crippen molar-refractivity contribution in [2.24, 2.45) is 0 Å². The number of rotatable bonds is 7. The minimum atomic E-state index is 0.243. The summed E-state index contributed by atoms with van der Waals surface area (Å²) in [5, 5.41) is 3.10. The molecule has 0 atom stereocenters. The van der Waals surface area contributed by atoms with Crippen molar-refractivity contribution in [2.75, 3.05) is 46.7 Å². The molecule has 0 bridgehead atoms. The zero-order valence-electron chi connectivity index (χ0n) is 10.7. The van der Waals surface area contributed by atoms with Crippen LogP contribution < -0.4 is 14.8 Å². The molecule has 17 heavy (non-hydrogen) atoms. The van der Waals surface area contributed by atoms with Crippen molar-refractivity contribution >= 4 is 5.95 Å². The highest BCUT2D eigenvalue weighted by atomic mass is 16.5. The van der Waals surface area contributed by atoms with Crippen LogP contribution in [0.25, 0.3) is 0 Å². The SMILES string of the molecule is COc1nc(NCCCN(C)C)nc(OC)n1. The predicted octanol–water partition coefficient (Wildman–Crippen LogP) is 0.252. The lowest BCUT2D eigenvalue weighted by Crippen LogP contribution is -2.17. The smallest absolute Gasteiger partial charge is 0.324 e. The highest BCUT2D eigenvalue weighted by Gasteiger charge is 2.06. The summed E-state index contributed by atoms with van der Waals surface area (Å²) in [5.41, 5.74) is 0. The van der Waals surface area contributed by atoms with Gasteiger partial charge >= 0.3 is 12.0 Å². The summed E-state index contributed by atoms with van der Waals surface area (Å²) >= 11 is 0. The third-order valence-electron chi connectivity index (χ3n) is 2.02. The van der Waals surface area contributed by atoms with Crippen LogP contribution in [0.15, 0.2) is 0 Å². The first-order valence-electron chi connectivity index (χ1n) is 5.38. The summed E-state index contributed by atoms with van der Waals surface area (Å²) in [6.07, 6.45) is 1.00. The van der Waals surface area contributed by atoms with Gasteiger partial charge in [-0.15, -0.1) is 4.98 Å². The van der Waals surface area contributed by atoms with E-state index in [1.807, 2.05) is 14.1 Å². The van der Waals surface area contributed by atoms with Gasteiger partial charge < -0.3 is 19.7 Å². The fraction of sp³-hybridized carbons (Fsp3) is 0.700. The molecule has 0 radical (unpaired) electrons. The molecule has 0 aliphatic carbocycles. The lowest BCUT2D eigenvalue weighted by atomic mass is 10.4. The average Bonchev–Trinajstić information content (AvgIpc) is 2.34. The molecule has 1 N–H and O–H groups in total. The van der Waals surface area contributed by atoms with Gasteiger partial charge in [0.05, 0.1) is 14.2 Å². The van der Waals surface area contributed by atoms with E-state index >= 15 is 0 Å². The van der Waals surface area contributed by atoms with Crippen molar-refractivity contribution in [3.05, 3.63) is 0 Å². The molecule has 1 rings (SSSR count). The van der Waals surface area contributed by atoms with Gasteiger partial charge in [-0.2, -0.15) is 9.97 Å². The highest BCUT2D eigenvalue weighted by molar-refractivity contribution is 5.27. The summed E-state index contributed by atoms with van der Waals surface area (Å²) in [7, 11) is 7.08. The molecule has 1 heterocycles. The van der Waals surface area contributed by atoms with Gasteiger partial charge in [0.2, 0.25) is 5.95 Å². The Morgan fingerprint density at radius 1 is 1.06 bits per heavy atom. The number of hydrogen-bond acceptors (Lipinski definition) is 7. The summed E-state index contributed by atoms with van der Waals surface area (Å²) in [6.45, 7) is 1.79. The first kappa shape index (κ1) is 13.4. The molecular formula is C10H19N5O2. The van der Waals surface area contributed by atoms with E-state index in [2.05, 4.69) is 25.2 Å². The molecular weight excluding hydrogens is 222 g/mol. The van der Waals surface area contributed by atoms with Gasteiger partial charge in [0, 0.05) is 6.54 Å². The van der Waals surface area contributed by atoms with Crippen LogP contribution in [0.1, 0.15) is 6.42 Å². The quantitative estimate of drug-likeness (QED) is 0.686. The summed E-state index contributed by atoms with van der Waals surface area (Å²) in [5.74, 6) is 0.465. The van der Waals surface area contributed by atoms with Crippen molar-refractivity contribution in [1.82, 2.24) is 19.9 Å². The van der Waals surface area contributed by atoms with E-state index in [0.29, 0.717) is 5.95 Å². The Balaban J connectivity index is 2.51. The first-order chi connectivity index (χ1) is 8.15. The van der Waals surface area contributed by atoms with Gasteiger partial charge in [0.25, 0.3) is 0 Å². The summed E-state index contributed by atoms with van der Waals surface area (Å²) < 4.78 is 9.90. The third-order valence-corrected chi connectivity index (χ3v) is 2.02. The van der Waals surface area contributed by atoms with Gasteiger partial charge in [-0.3, -0.25) is 0 Å². The average molecular weight is 241 g/mol. The van der Waals surface area contributed by atoms with Crippen LogP contribution in [-0.2, 0) is 0 Å². The summed E-state index contributed by atoms with van der Waals surface area (Å²) in [6, 6.07) is 0.485. The number of nitrogens with zero attached hydrogens (tertiary/aromatic N) is 4. The van der Waals surface area contributed by atoms with E-state index in [0.717, 1.165) is 19.5 Å². The Morgan fingerprint density at radius 2 is 1.65 bits per heavy atom. The van der Waals surface area contributed by atoms with Crippen LogP contribution in [0.4, 0.5) is 5.95 Å². The molecule has 0 fully saturated rings. The van der Waals surface area contributed by atoms with E-state index in [1.165, 1.54) is 14.2 Å². The van der Waals surface area contributed by atoms with Crippen LogP contribution in [0.3, 0.4) is 0 Å². The largest absolute Gasteiger partial charge is 0.467 e. The molecule has 96 valence electrons. The second kappa shape index (κ2) is 6.85. The summed E-state index contributed by atoms with van der Waals surface area (Å²) in [4.78, 5) is 14.2. The second-order valence-electron chi connectivity index (χ2n) is 3.72. The number of ether oxygens (including phenoxy) is 2. The fourth-order valence-corrected chi connectivity index (χ4v) is 1.20. The van der Waals surface area contributed by atoms with Crippen molar-refractivity contribution < 1.29 is 9.47 Å². The molecule has 0 saturated carbocycles. The number of nitrogens with one attached hydrogen (secondary N) is 1. The molecule has 0 aliphatic heterocycles. The van der Waals surface area contributed by atoms with Crippen molar-refractivity contribution in [1.29, 1.82) is 0 Å². The second-order valence-corrected chi connectivity index (χ2v) is 3.72. The normalized spacial score (nSPS) is 10.4. The standard InChI is InChI=1S/C10H19N5O2/c1-15(2)7-5-6-11-8-12-9(16-3)14-10(13-8)17-4/h5-7H2,1-4H3,(H,11,12,13,14). The molecule has 7 nitrogen and oxygen atoms in total. The molecule has 0 unspecified atom stereocenters. The van der Waals surface area contributed by atoms with Gasteiger partial charge in [0.1, 0.15) is 0 Å². The van der Waals surface area contributed by atoms with Crippen LogP contribution in [0, 0.1) is 0 Å². The molecule has 0 amide bonds. The molecule has 1 aromatic heterocycles. The van der Waals surface area contributed by atoms with E-state index in [1.54, 1.807) is 0 Å². The van der Waals surface area contributed by atoms with Gasteiger partial charge in [-0.1, -0.05) is 0 Å². The number of aromatic nitrogens is 3. The maximum Gasteiger partial charge on any atom is 0.324 e. The Kier molecular flexibility index (Phi) is 5.41. The third kappa shape index (κ3) is 4.81. The Morgan fingerprint density at radius 3 is 2.12 bits per heavy atom. The van der Waals surface area contributed by atoms with Gasteiger partial charge in [-0.25, -0.2) is 0 Å². The van der Waals surface area contributed by atoms with Crippen molar-refractivity contribution in [3.63, 3.8) is 0 Å². The van der Waals surface area contributed by atoms with Crippen LogP contribution in [-0.4, -0.2) is 61.3 Å². The molecule has 0 aromatic carbocycles. The van der Waals surface area contributed by atoms with E-state index in [9.17, 15) is 0 Å². The van der Waals surface area contributed by atoms with Crippen LogP contribution >= 0.6 is 0 Å². The maximum absolute atomic E-state index is 4.95.